The van der Waals surface area contributed by atoms with Gasteiger partial charge in [0.05, 0.1) is 17.6 Å². The number of hydrogen-bond donors (Lipinski definition) is 2. The Labute approximate surface area is 176 Å². The molecule has 1 heterocycles. The monoisotopic (exact) mass is 404 g/mol. The Morgan fingerprint density at radius 2 is 1.77 bits per heavy atom. The minimum atomic E-state index is -0.153. The molecule has 0 unspecified atom stereocenters. The van der Waals surface area contributed by atoms with Crippen molar-refractivity contribution in [2.75, 3.05) is 0 Å². The first-order valence-corrected chi connectivity index (χ1v) is 10.7. The van der Waals surface area contributed by atoms with Crippen molar-refractivity contribution in [3.8, 4) is 0 Å². The van der Waals surface area contributed by atoms with Gasteiger partial charge in [-0.1, -0.05) is 49.1 Å². The molecule has 1 fully saturated rings. The molecule has 0 aliphatic heterocycles. The van der Waals surface area contributed by atoms with Gasteiger partial charge in [0.1, 0.15) is 12.4 Å². The molecular formula is C24H28N4O2. The van der Waals surface area contributed by atoms with Crippen LogP contribution in [0.4, 0.5) is 0 Å². The first kappa shape index (κ1) is 20.1. The van der Waals surface area contributed by atoms with E-state index in [-0.39, 0.29) is 30.9 Å². The van der Waals surface area contributed by atoms with E-state index < -0.39 is 0 Å². The predicted octanol–water partition coefficient (Wildman–Crippen LogP) is 3.72. The fourth-order valence-corrected chi connectivity index (χ4v) is 4.07. The van der Waals surface area contributed by atoms with Gasteiger partial charge in [0, 0.05) is 11.6 Å². The number of imidazole rings is 1. The summed E-state index contributed by atoms with van der Waals surface area (Å²) in [4.78, 5) is 29.9. The number of benzene rings is 2. The summed E-state index contributed by atoms with van der Waals surface area (Å²) in [5, 5.41) is 6.11. The number of fused-ring (bicyclic) bond motifs is 1. The number of rotatable bonds is 6. The molecule has 3 aromatic rings. The Balaban J connectivity index is 1.49. The van der Waals surface area contributed by atoms with E-state index in [4.69, 9.17) is 0 Å². The van der Waals surface area contributed by atoms with Gasteiger partial charge in [0.15, 0.2) is 0 Å². The SMILES string of the molecule is Cc1ccc(C(=O)NCc2nc3ccccc3n2CC(=O)NC2CCCCC2)cc1. The molecule has 2 N–H and O–H groups in total. The second-order valence-corrected chi connectivity index (χ2v) is 8.05. The molecule has 6 heteroatoms. The third-order valence-corrected chi connectivity index (χ3v) is 5.73. The number of aryl methyl sites for hydroxylation is 1. The number of carbonyl (C=O) groups excluding carboxylic acids is 2. The van der Waals surface area contributed by atoms with Crippen LogP contribution in [-0.4, -0.2) is 27.4 Å². The average Bonchev–Trinajstić information content (AvgIpc) is 3.10. The van der Waals surface area contributed by atoms with Gasteiger partial charge >= 0.3 is 0 Å². The molecule has 6 nitrogen and oxygen atoms in total. The molecule has 2 amide bonds. The Hall–Kier alpha value is -3.15. The zero-order valence-electron chi connectivity index (χ0n) is 17.4. The quantitative estimate of drug-likeness (QED) is 0.657. The Kier molecular flexibility index (Phi) is 6.12. The highest BCUT2D eigenvalue weighted by molar-refractivity contribution is 5.94. The van der Waals surface area contributed by atoms with Gasteiger partial charge in [-0.05, 0) is 44.0 Å². The fourth-order valence-electron chi connectivity index (χ4n) is 4.07. The summed E-state index contributed by atoms with van der Waals surface area (Å²) in [6.07, 6.45) is 5.71. The van der Waals surface area contributed by atoms with E-state index in [0.29, 0.717) is 11.4 Å². The van der Waals surface area contributed by atoms with Crippen molar-refractivity contribution in [2.45, 2.75) is 58.2 Å². The Morgan fingerprint density at radius 1 is 1.03 bits per heavy atom. The molecule has 1 aliphatic carbocycles. The van der Waals surface area contributed by atoms with Gasteiger partial charge in [0.25, 0.3) is 5.91 Å². The van der Waals surface area contributed by atoms with Crippen LogP contribution >= 0.6 is 0 Å². The summed E-state index contributed by atoms with van der Waals surface area (Å²) in [5.74, 6) is 0.520. The maximum absolute atomic E-state index is 12.7. The summed E-state index contributed by atoms with van der Waals surface area (Å²) in [7, 11) is 0. The average molecular weight is 405 g/mol. The van der Waals surface area contributed by atoms with Crippen molar-refractivity contribution in [1.82, 2.24) is 20.2 Å². The van der Waals surface area contributed by atoms with Gasteiger partial charge in [-0.25, -0.2) is 4.98 Å². The van der Waals surface area contributed by atoms with E-state index in [2.05, 4.69) is 15.6 Å². The van der Waals surface area contributed by atoms with Crippen LogP contribution in [0.15, 0.2) is 48.5 Å². The molecule has 1 aliphatic rings. The molecule has 1 aromatic heterocycles. The van der Waals surface area contributed by atoms with Crippen LogP contribution in [0, 0.1) is 6.92 Å². The van der Waals surface area contributed by atoms with Crippen LogP contribution in [0.3, 0.4) is 0 Å². The summed E-state index contributed by atoms with van der Waals surface area (Å²) in [6.45, 7) is 2.45. The van der Waals surface area contributed by atoms with Crippen molar-refractivity contribution in [3.63, 3.8) is 0 Å². The fraction of sp³-hybridized carbons (Fsp3) is 0.375. The highest BCUT2D eigenvalue weighted by Crippen LogP contribution is 2.19. The predicted molar refractivity (Wildman–Crippen MR) is 117 cm³/mol. The number of aromatic nitrogens is 2. The van der Waals surface area contributed by atoms with Gasteiger partial charge in [-0.15, -0.1) is 0 Å². The topological polar surface area (TPSA) is 76.0 Å². The summed E-state index contributed by atoms with van der Waals surface area (Å²) in [5.41, 5.74) is 3.44. The summed E-state index contributed by atoms with van der Waals surface area (Å²) in [6, 6.07) is 15.5. The smallest absolute Gasteiger partial charge is 0.251 e. The number of carbonyl (C=O) groups is 2. The lowest BCUT2D eigenvalue weighted by Gasteiger charge is -2.23. The number of para-hydroxylation sites is 2. The first-order chi connectivity index (χ1) is 14.6. The van der Waals surface area contributed by atoms with Crippen molar-refractivity contribution in [1.29, 1.82) is 0 Å². The standard InChI is InChI=1S/C24H28N4O2/c1-17-11-13-18(14-12-17)24(30)25-15-22-27-20-9-5-6-10-21(20)28(22)16-23(29)26-19-7-3-2-4-8-19/h5-6,9-14,19H,2-4,7-8,15-16H2,1H3,(H,25,30)(H,26,29). The van der Waals surface area contributed by atoms with Crippen molar-refractivity contribution in [2.24, 2.45) is 0 Å². The van der Waals surface area contributed by atoms with Gasteiger partial charge in [-0.3, -0.25) is 9.59 Å². The second kappa shape index (κ2) is 9.11. The van der Waals surface area contributed by atoms with Gasteiger partial charge in [-0.2, -0.15) is 0 Å². The molecule has 30 heavy (non-hydrogen) atoms. The number of nitrogens with one attached hydrogen (secondary N) is 2. The largest absolute Gasteiger partial charge is 0.352 e. The van der Waals surface area contributed by atoms with E-state index in [9.17, 15) is 9.59 Å². The lowest BCUT2D eigenvalue weighted by molar-refractivity contribution is -0.122. The third kappa shape index (κ3) is 4.70. The van der Waals surface area contributed by atoms with Crippen LogP contribution in [0.1, 0.15) is 53.8 Å². The molecule has 0 radical (unpaired) electrons. The first-order valence-electron chi connectivity index (χ1n) is 10.7. The van der Waals surface area contributed by atoms with Crippen molar-refractivity contribution in [3.05, 3.63) is 65.5 Å². The van der Waals surface area contributed by atoms with Crippen molar-refractivity contribution < 1.29 is 9.59 Å². The van der Waals surface area contributed by atoms with E-state index in [0.717, 1.165) is 29.4 Å². The molecule has 0 saturated heterocycles. The molecule has 156 valence electrons. The van der Waals surface area contributed by atoms with E-state index in [1.807, 2.05) is 60.0 Å². The van der Waals surface area contributed by atoms with Crippen LogP contribution in [0.5, 0.6) is 0 Å². The minimum Gasteiger partial charge on any atom is -0.352 e. The van der Waals surface area contributed by atoms with Crippen LogP contribution < -0.4 is 10.6 Å². The lowest BCUT2D eigenvalue weighted by Crippen LogP contribution is -2.38. The molecule has 0 spiro atoms. The van der Waals surface area contributed by atoms with Crippen molar-refractivity contribution >= 4 is 22.8 Å². The molecule has 2 aromatic carbocycles. The third-order valence-electron chi connectivity index (χ3n) is 5.73. The Morgan fingerprint density at radius 3 is 2.53 bits per heavy atom. The summed E-state index contributed by atoms with van der Waals surface area (Å²) >= 11 is 0. The van der Waals surface area contributed by atoms with Crippen LogP contribution in [0.2, 0.25) is 0 Å². The van der Waals surface area contributed by atoms with E-state index in [1.54, 1.807) is 0 Å². The number of amides is 2. The number of nitrogens with zero attached hydrogens (tertiary/aromatic N) is 2. The second-order valence-electron chi connectivity index (χ2n) is 8.05. The molecule has 1 saturated carbocycles. The number of hydrogen-bond acceptors (Lipinski definition) is 3. The normalized spacial score (nSPS) is 14.6. The maximum Gasteiger partial charge on any atom is 0.251 e. The molecular weight excluding hydrogens is 376 g/mol. The van der Waals surface area contributed by atoms with Crippen LogP contribution in [-0.2, 0) is 17.9 Å². The van der Waals surface area contributed by atoms with Gasteiger partial charge < -0.3 is 15.2 Å². The van der Waals surface area contributed by atoms with Gasteiger partial charge in [0.2, 0.25) is 5.91 Å². The molecule has 0 bridgehead atoms. The lowest BCUT2D eigenvalue weighted by atomic mass is 9.95. The van der Waals surface area contributed by atoms with E-state index >= 15 is 0 Å². The highest BCUT2D eigenvalue weighted by atomic mass is 16.2. The van der Waals surface area contributed by atoms with Crippen LogP contribution in [0.25, 0.3) is 11.0 Å². The molecule has 0 atom stereocenters. The zero-order chi connectivity index (χ0) is 20.9. The Bertz CT molecular complexity index is 1030. The summed E-state index contributed by atoms with van der Waals surface area (Å²) < 4.78 is 1.91. The maximum atomic E-state index is 12.7. The minimum absolute atomic E-state index is 0.00355. The zero-order valence-corrected chi connectivity index (χ0v) is 17.4. The highest BCUT2D eigenvalue weighted by Gasteiger charge is 2.18. The molecule has 4 rings (SSSR count). The van der Waals surface area contributed by atoms with E-state index in [1.165, 1.54) is 19.3 Å².